The number of carbonyl (C=O) groups is 2. The van der Waals surface area contributed by atoms with Gasteiger partial charge in [-0.05, 0) is 64.8 Å². The first kappa shape index (κ1) is 39.8. The van der Waals surface area contributed by atoms with Crippen molar-refractivity contribution in [2.45, 2.75) is 84.4 Å². The number of ether oxygens (including phenoxy) is 2. The highest BCUT2D eigenvalue weighted by atomic mass is 32.1. The van der Waals surface area contributed by atoms with Gasteiger partial charge in [0.05, 0.1) is 18.4 Å². The average molecular weight is 800 g/mol. The lowest BCUT2D eigenvalue weighted by molar-refractivity contribution is -0.775. The molecule has 55 heavy (non-hydrogen) atoms. The summed E-state index contributed by atoms with van der Waals surface area (Å²) >= 11 is 1.18. The molecule has 0 bridgehead atoms. The van der Waals surface area contributed by atoms with E-state index in [1.165, 1.54) is 29.1 Å². The van der Waals surface area contributed by atoms with Gasteiger partial charge in [0, 0.05) is 36.6 Å². The van der Waals surface area contributed by atoms with Crippen molar-refractivity contribution in [1.29, 1.82) is 0 Å². The minimum absolute atomic E-state index is 0.0171. The number of aromatic nitrogens is 6. The summed E-state index contributed by atoms with van der Waals surface area (Å²) in [6, 6.07) is 9.25. The Morgan fingerprint density at radius 3 is 2.58 bits per heavy atom. The molecule has 1 saturated carbocycles. The van der Waals surface area contributed by atoms with Gasteiger partial charge in [-0.3, -0.25) is 14.1 Å². The molecule has 4 heterocycles. The molecule has 15 nitrogen and oxygen atoms in total. The highest BCUT2D eigenvalue weighted by Gasteiger charge is 2.34. The van der Waals surface area contributed by atoms with Gasteiger partial charge in [0.1, 0.15) is 33.9 Å². The number of nitrogens with zero attached hydrogens (tertiary/aromatic N) is 5. The van der Waals surface area contributed by atoms with E-state index >= 15 is 0 Å². The second kappa shape index (κ2) is 17.7. The Balaban J connectivity index is 1.16. The summed E-state index contributed by atoms with van der Waals surface area (Å²) in [6.07, 6.45) is 7.77. The summed E-state index contributed by atoms with van der Waals surface area (Å²) in [5.74, 6) is -2.60. The number of rotatable bonds is 16. The van der Waals surface area contributed by atoms with Crippen molar-refractivity contribution in [3.05, 3.63) is 83.9 Å². The van der Waals surface area contributed by atoms with Gasteiger partial charge in [-0.15, -0.1) is 16.0 Å². The Morgan fingerprint density at radius 2 is 1.85 bits per heavy atom. The number of pyridine rings is 1. The van der Waals surface area contributed by atoms with Crippen LogP contribution < -0.4 is 19.6 Å². The molecule has 19 heteroatoms. The molecule has 0 aliphatic heterocycles. The van der Waals surface area contributed by atoms with E-state index in [4.69, 9.17) is 18.5 Å². The van der Waals surface area contributed by atoms with E-state index in [1.807, 2.05) is 6.92 Å². The standard InChI is InChI=1S/C36H41F2N8O7PS/c1-5-50-26-13-11-25(12-14-26)46-19-29(33(43-46)32-28(37)15-16-31(38)42-32)40-34(47)30-20-55-35(41-30)24-17-39-45(18-24)21-51-54(49,53-27-9-7-6-8-10-27)44-23(4)36(48)52-22(2)3/h6-10,15-20,22-23,25-26H,5,11-14,21H2,1-4H3,(H2,40,44,47,49)/p+1/t23-,25?,26?,54?/m1/s1. The number of benzene rings is 1. The molecule has 292 valence electrons. The van der Waals surface area contributed by atoms with Crippen molar-refractivity contribution < 1.29 is 46.1 Å². The lowest BCUT2D eigenvalue weighted by Crippen LogP contribution is -2.43. The number of H-pyrrole nitrogens is 1. The number of esters is 1. The first-order chi connectivity index (χ1) is 26.4. The Bertz CT molecular complexity index is 2140. The zero-order chi connectivity index (χ0) is 39.1. The highest BCUT2D eigenvalue weighted by molar-refractivity contribution is 7.52. The van der Waals surface area contributed by atoms with Crippen LogP contribution in [0.4, 0.5) is 14.5 Å². The molecule has 4 aromatic heterocycles. The maximum absolute atomic E-state index is 15.0. The van der Waals surface area contributed by atoms with Gasteiger partial charge in [0.25, 0.3) is 5.91 Å². The predicted molar refractivity (Wildman–Crippen MR) is 198 cm³/mol. The lowest BCUT2D eigenvalue weighted by Gasteiger charge is -2.24. The maximum atomic E-state index is 15.0. The van der Waals surface area contributed by atoms with Crippen LogP contribution in [0.2, 0.25) is 0 Å². The minimum atomic E-state index is -4.15. The predicted octanol–water partition coefficient (Wildman–Crippen LogP) is 6.83. The molecule has 1 fully saturated rings. The number of aromatic amines is 1. The van der Waals surface area contributed by atoms with Gasteiger partial charge < -0.3 is 19.3 Å². The van der Waals surface area contributed by atoms with Crippen LogP contribution in [0.1, 0.15) is 69.9 Å². The molecule has 3 N–H and O–H groups in total. The van der Waals surface area contributed by atoms with Crippen molar-refractivity contribution >= 4 is 36.6 Å². The summed E-state index contributed by atoms with van der Waals surface area (Å²) in [6.45, 7) is 7.14. The second-order valence-corrected chi connectivity index (χ2v) is 15.6. The summed E-state index contributed by atoms with van der Waals surface area (Å²) in [5, 5.41) is 14.8. The lowest BCUT2D eigenvalue weighted by atomic mass is 9.93. The zero-order valence-corrected chi connectivity index (χ0v) is 32.3. The molecule has 1 amide bonds. The van der Waals surface area contributed by atoms with Crippen LogP contribution in [0.25, 0.3) is 22.0 Å². The van der Waals surface area contributed by atoms with Crippen molar-refractivity contribution in [2.75, 3.05) is 11.9 Å². The molecular formula is C36H42F2N8O7PS+. The fraction of sp³-hybridized carbons (Fsp3) is 0.389. The Labute approximate surface area is 320 Å². The molecule has 1 aromatic carbocycles. The molecule has 1 aliphatic carbocycles. The molecular weight excluding hydrogens is 757 g/mol. The van der Waals surface area contributed by atoms with Crippen LogP contribution in [-0.2, 0) is 30.1 Å². The fourth-order valence-electron chi connectivity index (χ4n) is 5.93. The number of halogens is 2. The smallest absolute Gasteiger partial charge is 0.461 e. The largest absolute Gasteiger partial charge is 0.462 e. The second-order valence-electron chi connectivity index (χ2n) is 13.0. The average Bonchev–Trinajstić information content (AvgIpc) is 3.93. The van der Waals surface area contributed by atoms with E-state index in [9.17, 15) is 22.9 Å². The number of amides is 1. The third-order valence-electron chi connectivity index (χ3n) is 8.52. The number of anilines is 1. The minimum Gasteiger partial charge on any atom is -0.462 e. The van der Waals surface area contributed by atoms with Gasteiger partial charge in [-0.2, -0.15) is 19.7 Å². The van der Waals surface area contributed by atoms with Crippen LogP contribution in [0.5, 0.6) is 5.75 Å². The zero-order valence-electron chi connectivity index (χ0n) is 30.6. The summed E-state index contributed by atoms with van der Waals surface area (Å²) in [5.41, 5.74) is 0.644. The van der Waals surface area contributed by atoms with E-state index in [0.717, 1.165) is 37.8 Å². The molecule has 1 aliphatic rings. The number of thiazole rings is 1. The fourth-order valence-corrected chi connectivity index (χ4v) is 8.13. The van der Waals surface area contributed by atoms with E-state index in [-0.39, 0.29) is 53.5 Å². The highest BCUT2D eigenvalue weighted by Crippen LogP contribution is 2.45. The Hall–Kier alpha value is -4.87. The van der Waals surface area contributed by atoms with E-state index in [1.54, 1.807) is 66.6 Å². The van der Waals surface area contributed by atoms with Crippen LogP contribution in [0, 0.1) is 11.8 Å². The Kier molecular flexibility index (Phi) is 12.8. The van der Waals surface area contributed by atoms with E-state index < -0.39 is 37.4 Å². The van der Waals surface area contributed by atoms with Gasteiger partial charge in [0.2, 0.25) is 12.1 Å². The van der Waals surface area contributed by atoms with Crippen LogP contribution in [0.15, 0.2) is 66.4 Å². The number of hydrogen-bond acceptors (Lipinski definition) is 11. The first-order valence-corrected chi connectivity index (χ1v) is 20.2. The Morgan fingerprint density at radius 1 is 1.09 bits per heavy atom. The summed E-state index contributed by atoms with van der Waals surface area (Å²) in [7, 11) is -4.15. The summed E-state index contributed by atoms with van der Waals surface area (Å²) < 4.78 is 68.5. The van der Waals surface area contributed by atoms with Gasteiger partial charge >= 0.3 is 13.7 Å². The number of hydrogen-bond donors (Lipinski definition) is 3. The normalized spacial score (nSPS) is 17.4. The molecule has 5 aromatic rings. The monoisotopic (exact) mass is 799 g/mol. The first-order valence-electron chi connectivity index (χ1n) is 17.7. The van der Waals surface area contributed by atoms with Crippen molar-refractivity contribution in [3.63, 3.8) is 0 Å². The molecule has 0 radical (unpaired) electrons. The molecule has 6 rings (SSSR count). The van der Waals surface area contributed by atoms with Crippen molar-refractivity contribution in [3.8, 4) is 27.7 Å². The molecule has 2 atom stereocenters. The topological polar surface area (TPSA) is 175 Å². The van der Waals surface area contributed by atoms with E-state index in [0.29, 0.717) is 17.2 Å². The van der Waals surface area contributed by atoms with E-state index in [2.05, 4.69) is 30.6 Å². The van der Waals surface area contributed by atoms with Crippen molar-refractivity contribution in [1.82, 2.24) is 29.9 Å². The molecule has 1 unspecified atom stereocenters. The third-order valence-corrected chi connectivity index (χ3v) is 11.0. The van der Waals surface area contributed by atoms with Crippen LogP contribution in [-0.4, -0.2) is 61.6 Å². The number of para-hydroxylation sites is 1. The van der Waals surface area contributed by atoms with Crippen LogP contribution >= 0.6 is 19.1 Å². The van der Waals surface area contributed by atoms with Crippen LogP contribution in [0.3, 0.4) is 0 Å². The van der Waals surface area contributed by atoms with Gasteiger partial charge in [-0.1, -0.05) is 18.2 Å². The molecule has 0 saturated heterocycles. The van der Waals surface area contributed by atoms with Gasteiger partial charge in [-0.25, -0.2) is 23.6 Å². The van der Waals surface area contributed by atoms with Crippen molar-refractivity contribution in [2.24, 2.45) is 0 Å². The SMILES string of the molecule is CCOC1CCC([n+]2cc(NC(=O)c3csc(-c4cnn(COP(=O)(N[C@H](C)C(=O)OC(C)C)Oc5ccccc5)c4)n3)c(-c3nc(F)ccc3F)[nH]2)CC1. The number of carbonyl (C=O) groups excluding carboxylic acids is 2. The molecule has 0 spiro atoms. The van der Waals surface area contributed by atoms with Gasteiger partial charge in [0.15, 0.2) is 24.3 Å². The quantitative estimate of drug-likeness (QED) is 0.0413. The maximum Gasteiger partial charge on any atom is 0.461 e. The number of nitrogens with one attached hydrogen (secondary N) is 3. The third kappa shape index (κ3) is 10.3. The summed E-state index contributed by atoms with van der Waals surface area (Å²) in [4.78, 5) is 34.3.